The molecule has 0 saturated heterocycles. The van der Waals surface area contributed by atoms with Crippen molar-refractivity contribution in [1.82, 2.24) is 5.32 Å². The highest BCUT2D eigenvalue weighted by molar-refractivity contribution is 5.93. The Bertz CT molecular complexity index is 515. The van der Waals surface area contributed by atoms with Gasteiger partial charge in [0.1, 0.15) is 12.8 Å². The van der Waals surface area contributed by atoms with Crippen molar-refractivity contribution in [3.63, 3.8) is 0 Å². The lowest BCUT2D eigenvalue weighted by Crippen LogP contribution is -2.25. The summed E-state index contributed by atoms with van der Waals surface area (Å²) in [5.74, 6) is -0.404. The van der Waals surface area contributed by atoms with E-state index in [2.05, 4.69) is 0 Å². The number of cyclic esters (lactones) is 1. The van der Waals surface area contributed by atoms with Gasteiger partial charge in [-0.05, 0) is 24.1 Å². The standard InChI is InChI=1S/C12H12FNO4/c1-6-7(10(13)4-14-12(16)17)2-3-8-9(6)5-18-11(8)15/h2-3,10,14H,4-5H2,1H3,(H,16,17). The predicted molar refractivity (Wildman–Crippen MR) is 60.2 cm³/mol. The Kier molecular flexibility index (Phi) is 3.18. The minimum absolute atomic E-state index is 0.146. The monoisotopic (exact) mass is 253 g/mol. The second-order valence-electron chi connectivity index (χ2n) is 4.04. The summed E-state index contributed by atoms with van der Waals surface area (Å²) in [6, 6.07) is 3.01. The third-order valence-corrected chi connectivity index (χ3v) is 2.98. The van der Waals surface area contributed by atoms with Gasteiger partial charge in [0.2, 0.25) is 0 Å². The minimum Gasteiger partial charge on any atom is -0.465 e. The van der Waals surface area contributed by atoms with Crippen LogP contribution < -0.4 is 5.32 Å². The van der Waals surface area contributed by atoms with E-state index < -0.39 is 18.2 Å². The van der Waals surface area contributed by atoms with Crippen LogP contribution in [0.5, 0.6) is 0 Å². The number of carbonyl (C=O) groups excluding carboxylic acids is 1. The molecule has 1 aromatic rings. The highest BCUT2D eigenvalue weighted by Crippen LogP contribution is 2.30. The highest BCUT2D eigenvalue weighted by Gasteiger charge is 2.26. The number of hydrogen-bond acceptors (Lipinski definition) is 3. The van der Waals surface area contributed by atoms with E-state index in [-0.39, 0.29) is 13.2 Å². The van der Waals surface area contributed by atoms with E-state index in [1.54, 1.807) is 6.92 Å². The summed E-state index contributed by atoms with van der Waals surface area (Å²) >= 11 is 0. The van der Waals surface area contributed by atoms with Gasteiger partial charge in [0.15, 0.2) is 0 Å². The van der Waals surface area contributed by atoms with Crippen molar-refractivity contribution in [2.24, 2.45) is 0 Å². The molecule has 1 amide bonds. The summed E-state index contributed by atoms with van der Waals surface area (Å²) in [5.41, 5.74) is 2.14. The molecule has 1 aromatic carbocycles. The number of amides is 1. The number of ether oxygens (including phenoxy) is 1. The van der Waals surface area contributed by atoms with Gasteiger partial charge in [0.25, 0.3) is 0 Å². The molecule has 1 unspecified atom stereocenters. The number of carboxylic acid groups (broad SMARTS) is 1. The molecule has 0 saturated carbocycles. The van der Waals surface area contributed by atoms with Gasteiger partial charge in [-0.1, -0.05) is 6.07 Å². The predicted octanol–water partition coefficient (Wildman–Crippen LogP) is 1.94. The first-order chi connectivity index (χ1) is 8.50. The third-order valence-electron chi connectivity index (χ3n) is 2.98. The van der Waals surface area contributed by atoms with Gasteiger partial charge in [-0.15, -0.1) is 0 Å². The molecular formula is C12H12FNO4. The zero-order valence-electron chi connectivity index (χ0n) is 9.70. The molecule has 5 nitrogen and oxygen atoms in total. The number of fused-ring (bicyclic) bond motifs is 1. The SMILES string of the molecule is Cc1c(C(F)CNC(=O)O)ccc2c1COC2=O. The zero-order valence-corrected chi connectivity index (χ0v) is 9.70. The molecular weight excluding hydrogens is 241 g/mol. The smallest absolute Gasteiger partial charge is 0.404 e. The Hall–Kier alpha value is -2.11. The Morgan fingerprint density at radius 1 is 1.61 bits per heavy atom. The summed E-state index contributed by atoms with van der Waals surface area (Å²) in [7, 11) is 0. The van der Waals surface area contributed by atoms with Crippen LogP contribution in [0.25, 0.3) is 0 Å². The van der Waals surface area contributed by atoms with Gasteiger partial charge in [0, 0.05) is 5.56 Å². The van der Waals surface area contributed by atoms with E-state index in [9.17, 15) is 14.0 Å². The van der Waals surface area contributed by atoms with E-state index in [0.717, 1.165) is 0 Å². The second kappa shape index (κ2) is 4.64. The molecule has 0 fully saturated rings. The first-order valence-corrected chi connectivity index (χ1v) is 5.41. The van der Waals surface area contributed by atoms with Crippen LogP contribution in [0.3, 0.4) is 0 Å². The fraction of sp³-hybridized carbons (Fsp3) is 0.333. The van der Waals surface area contributed by atoms with Crippen molar-refractivity contribution in [3.8, 4) is 0 Å². The van der Waals surface area contributed by atoms with Gasteiger partial charge >= 0.3 is 12.1 Å². The number of nitrogens with one attached hydrogen (secondary N) is 1. The van der Waals surface area contributed by atoms with Crippen LogP contribution in [-0.4, -0.2) is 23.7 Å². The van der Waals surface area contributed by atoms with E-state index in [1.807, 2.05) is 5.32 Å². The summed E-state index contributed by atoms with van der Waals surface area (Å²) in [4.78, 5) is 21.6. The zero-order chi connectivity index (χ0) is 13.3. The third kappa shape index (κ3) is 2.13. The molecule has 6 heteroatoms. The number of alkyl halides is 1. The molecule has 1 aliphatic rings. The number of benzene rings is 1. The molecule has 2 rings (SSSR count). The maximum absolute atomic E-state index is 13.9. The van der Waals surface area contributed by atoms with Gasteiger partial charge in [-0.2, -0.15) is 0 Å². The number of rotatable bonds is 3. The van der Waals surface area contributed by atoms with Crippen LogP contribution >= 0.6 is 0 Å². The summed E-state index contributed by atoms with van der Waals surface area (Å²) < 4.78 is 18.7. The van der Waals surface area contributed by atoms with Crippen molar-refractivity contribution in [2.75, 3.05) is 6.54 Å². The van der Waals surface area contributed by atoms with Crippen molar-refractivity contribution in [3.05, 3.63) is 34.4 Å². The van der Waals surface area contributed by atoms with Gasteiger partial charge in [0.05, 0.1) is 12.1 Å². The second-order valence-corrected chi connectivity index (χ2v) is 4.04. The fourth-order valence-corrected chi connectivity index (χ4v) is 1.99. The lowest BCUT2D eigenvalue weighted by atomic mass is 9.96. The van der Waals surface area contributed by atoms with Crippen LogP contribution in [0.4, 0.5) is 9.18 Å². The van der Waals surface area contributed by atoms with Crippen molar-refractivity contribution in [2.45, 2.75) is 19.7 Å². The molecule has 1 atom stereocenters. The van der Waals surface area contributed by atoms with Crippen molar-refractivity contribution in [1.29, 1.82) is 0 Å². The normalized spacial score (nSPS) is 14.9. The topological polar surface area (TPSA) is 75.6 Å². The summed E-state index contributed by atoms with van der Waals surface area (Å²) in [5, 5.41) is 10.4. The Morgan fingerprint density at radius 2 is 2.33 bits per heavy atom. The van der Waals surface area contributed by atoms with Gasteiger partial charge in [-0.3, -0.25) is 0 Å². The van der Waals surface area contributed by atoms with E-state index in [0.29, 0.717) is 22.3 Å². The summed E-state index contributed by atoms with van der Waals surface area (Å²) in [6.07, 6.45) is -2.71. The quantitative estimate of drug-likeness (QED) is 0.807. The van der Waals surface area contributed by atoms with Gasteiger partial charge < -0.3 is 15.2 Å². The molecule has 0 bridgehead atoms. The molecule has 1 aliphatic heterocycles. The van der Waals surface area contributed by atoms with E-state index in [4.69, 9.17) is 9.84 Å². The lowest BCUT2D eigenvalue weighted by Gasteiger charge is -2.13. The molecule has 0 radical (unpaired) electrons. The number of carbonyl (C=O) groups is 2. The van der Waals surface area contributed by atoms with Crippen LogP contribution in [0.2, 0.25) is 0 Å². The summed E-state index contributed by atoms with van der Waals surface area (Å²) in [6.45, 7) is 1.53. The Balaban J connectivity index is 2.25. The van der Waals surface area contributed by atoms with Crippen LogP contribution in [0.1, 0.15) is 33.2 Å². The Labute approximate surface area is 103 Å². The maximum Gasteiger partial charge on any atom is 0.404 e. The molecule has 18 heavy (non-hydrogen) atoms. The highest BCUT2D eigenvalue weighted by atomic mass is 19.1. The minimum atomic E-state index is -1.44. The first kappa shape index (κ1) is 12.3. The Morgan fingerprint density at radius 3 is 3.00 bits per heavy atom. The number of esters is 1. The average molecular weight is 253 g/mol. The van der Waals surface area contributed by atoms with E-state index in [1.165, 1.54) is 12.1 Å². The molecule has 96 valence electrons. The molecule has 2 N–H and O–H groups in total. The molecule has 1 heterocycles. The first-order valence-electron chi connectivity index (χ1n) is 5.41. The van der Waals surface area contributed by atoms with E-state index >= 15 is 0 Å². The van der Waals surface area contributed by atoms with Crippen LogP contribution in [0, 0.1) is 6.92 Å². The van der Waals surface area contributed by atoms with Crippen LogP contribution in [0.15, 0.2) is 12.1 Å². The molecule has 0 aliphatic carbocycles. The van der Waals surface area contributed by atoms with Gasteiger partial charge in [-0.25, -0.2) is 14.0 Å². The largest absolute Gasteiger partial charge is 0.465 e. The van der Waals surface area contributed by atoms with Crippen molar-refractivity contribution < 1.29 is 23.8 Å². The average Bonchev–Trinajstić information content (AvgIpc) is 2.69. The number of halogens is 1. The molecule has 0 aromatic heterocycles. The fourth-order valence-electron chi connectivity index (χ4n) is 1.99. The molecule has 0 spiro atoms. The number of hydrogen-bond donors (Lipinski definition) is 2. The lowest BCUT2D eigenvalue weighted by molar-refractivity contribution is 0.0535. The van der Waals surface area contributed by atoms with Crippen molar-refractivity contribution >= 4 is 12.1 Å². The van der Waals surface area contributed by atoms with Crippen LogP contribution in [-0.2, 0) is 11.3 Å². The maximum atomic E-state index is 13.9.